The van der Waals surface area contributed by atoms with Gasteiger partial charge >= 0.3 is 0 Å². The maximum atomic E-state index is 6.03. The molecule has 0 saturated carbocycles. The molecule has 3 heterocycles. The number of piperidine rings is 1. The number of imidazole rings is 1. The number of nitrogens with zero attached hydrogens (tertiary/aromatic N) is 3. The smallest absolute Gasteiger partial charge is 0.117 e. The topological polar surface area (TPSA) is 42.7 Å². The van der Waals surface area contributed by atoms with Crippen LogP contribution >= 0.6 is 11.6 Å². The molecule has 1 saturated heterocycles. The molecule has 0 amide bonds. The maximum Gasteiger partial charge on any atom is 0.117 e. The molecule has 0 spiro atoms. The molecule has 2 aromatic heterocycles. The molecule has 4 rings (SSSR count). The van der Waals surface area contributed by atoms with E-state index in [1.54, 1.807) is 6.20 Å². The summed E-state index contributed by atoms with van der Waals surface area (Å²) in [5.74, 6) is 1.61. The van der Waals surface area contributed by atoms with Crippen LogP contribution in [0.15, 0.2) is 42.7 Å². The second kappa shape index (κ2) is 5.71. The minimum Gasteiger partial charge on any atom is -0.317 e. The molecule has 22 heavy (non-hydrogen) atoms. The Kier molecular flexibility index (Phi) is 3.56. The van der Waals surface area contributed by atoms with E-state index in [1.807, 2.05) is 36.5 Å². The first-order chi connectivity index (χ1) is 10.8. The van der Waals surface area contributed by atoms with E-state index in [9.17, 15) is 0 Å². The second-order valence-electron chi connectivity index (χ2n) is 5.67. The van der Waals surface area contributed by atoms with Crippen LogP contribution in [0.25, 0.3) is 16.7 Å². The van der Waals surface area contributed by atoms with Crippen molar-refractivity contribution < 1.29 is 0 Å². The van der Waals surface area contributed by atoms with Crippen molar-refractivity contribution in [1.29, 1.82) is 0 Å². The Morgan fingerprint density at radius 1 is 1.09 bits per heavy atom. The van der Waals surface area contributed by atoms with Gasteiger partial charge in [-0.1, -0.05) is 11.6 Å². The van der Waals surface area contributed by atoms with Gasteiger partial charge in [-0.15, -0.1) is 0 Å². The van der Waals surface area contributed by atoms with Crippen LogP contribution in [0.3, 0.4) is 0 Å². The van der Waals surface area contributed by atoms with Gasteiger partial charge in [0, 0.05) is 22.8 Å². The van der Waals surface area contributed by atoms with E-state index in [1.165, 1.54) is 0 Å². The Hall–Kier alpha value is -1.91. The van der Waals surface area contributed by atoms with Crippen molar-refractivity contribution in [3.63, 3.8) is 0 Å². The molecule has 1 aromatic carbocycles. The van der Waals surface area contributed by atoms with E-state index in [-0.39, 0.29) is 0 Å². The number of hydrogen-bond acceptors (Lipinski definition) is 3. The number of fused-ring (bicyclic) bond motifs is 1. The van der Waals surface area contributed by atoms with E-state index in [0.717, 1.165) is 53.5 Å². The monoisotopic (exact) mass is 312 g/mol. The van der Waals surface area contributed by atoms with Crippen LogP contribution in [-0.2, 0) is 0 Å². The molecule has 112 valence electrons. The SMILES string of the molecule is Clc1ccc(-n2c(C3CCNCC3)nc3ccncc32)cc1. The van der Waals surface area contributed by atoms with Crippen molar-refractivity contribution in [1.82, 2.24) is 19.9 Å². The second-order valence-corrected chi connectivity index (χ2v) is 6.11. The molecule has 0 atom stereocenters. The third kappa shape index (κ3) is 2.38. The van der Waals surface area contributed by atoms with Gasteiger partial charge < -0.3 is 5.32 Å². The lowest BCUT2D eigenvalue weighted by Crippen LogP contribution is -2.28. The van der Waals surface area contributed by atoms with Crippen molar-refractivity contribution in [2.24, 2.45) is 0 Å². The van der Waals surface area contributed by atoms with E-state index in [2.05, 4.69) is 14.9 Å². The van der Waals surface area contributed by atoms with E-state index in [4.69, 9.17) is 16.6 Å². The van der Waals surface area contributed by atoms with Gasteiger partial charge in [-0.05, 0) is 56.3 Å². The summed E-state index contributed by atoms with van der Waals surface area (Å²) < 4.78 is 2.23. The zero-order valence-electron chi connectivity index (χ0n) is 12.2. The largest absolute Gasteiger partial charge is 0.317 e. The average molecular weight is 313 g/mol. The predicted octanol–water partition coefficient (Wildman–Crippen LogP) is 3.54. The number of rotatable bonds is 2. The summed E-state index contributed by atoms with van der Waals surface area (Å²) in [4.78, 5) is 9.17. The highest BCUT2D eigenvalue weighted by molar-refractivity contribution is 6.30. The summed E-state index contributed by atoms with van der Waals surface area (Å²) in [6, 6.07) is 9.91. The molecule has 0 unspecified atom stereocenters. The molecule has 0 bridgehead atoms. The van der Waals surface area contributed by atoms with E-state index >= 15 is 0 Å². The van der Waals surface area contributed by atoms with E-state index < -0.39 is 0 Å². The standard InChI is InChI=1S/C17H17ClN4/c18-13-1-3-14(4-2-13)22-16-11-20-10-7-15(16)21-17(22)12-5-8-19-9-6-12/h1-4,7,10-12,19H,5-6,8-9H2. The molecule has 0 aliphatic carbocycles. The Bertz CT molecular complexity index is 788. The highest BCUT2D eigenvalue weighted by atomic mass is 35.5. The number of benzene rings is 1. The first kappa shape index (κ1) is 13.7. The molecular weight excluding hydrogens is 296 g/mol. The minimum atomic E-state index is 0.476. The predicted molar refractivity (Wildman–Crippen MR) is 88.7 cm³/mol. The third-order valence-electron chi connectivity index (χ3n) is 4.27. The molecule has 0 radical (unpaired) electrons. The van der Waals surface area contributed by atoms with Crippen molar-refractivity contribution in [3.05, 3.63) is 53.6 Å². The average Bonchev–Trinajstić information content (AvgIpc) is 2.96. The highest BCUT2D eigenvalue weighted by Gasteiger charge is 2.23. The third-order valence-corrected chi connectivity index (χ3v) is 4.52. The van der Waals surface area contributed by atoms with Gasteiger partial charge in [-0.2, -0.15) is 0 Å². The normalized spacial score (nSPS) is 16.2. The van der Waals surface area contributed by atoms with Crippen LogP contribution in [0.1, 0.15) is 24.6 Å². The van der Waals surface area contributed by atoms with Gasteiger partial charge in [0.2, 0.25) is 0 Å². The lowest BCUT2D eigenvalue weighted by atomic mass is 9.97. The van der Waals surface area contributed by atoms with Crippen molar-refractivity contribution in [2.75, 3.05) is 13.1 Å². The molecule has 4 nitrogen and oxygen atoms in total. The summed E-state index contributed by atoms with van der Waals surface area (Å²) in [7, 11) is 0. The van der Waals surface area contributed by atoms with Crippen molar-refractivity contribution >= 4 is 22.6 Å². The van der Waals surface area contributed by atoms with Gasteiger partial charge in [0.05, 0.1) is 17.2 Å². The molecule has 3 aromatic rings. The van der Waals surface area contributed by atoms with Gasteiger partial charge in [-0.25, -0.2) is 4.98 Å². The number of hydrogen-bond donors (Lipinski definition) is 1. The Morgan fingerprint density at radius 2 is 1.86 bits per heavy atom. The summed E-state index contributed by atoms with van der Waals surface area (Å²) in [5.41, 5.74) is 3.14. The van der Waals surface area contributed by atoms with Crippen LogP contribution in [0.4, 0.5) is 0 Å². The van der Waals surface area contributed by atoms with Crippen LogP contribution in [0, 0.1) is 0 Å². The number of nitrogens with one attached hydrogen (secondary N) is 1. The number of pyridine rings is 1. The lowest BCUT2D eigenvalue weighted by molar-refractivity contribution is 0.443. The first-order valence-electron chi connectivity index (χ1n) is 7.62. The maximum absolute atomic E-state index is 6.03. The minimum absolute atomic E-state index is 0.476. The molecule has 1 fully saturated rings. The molecule has 1 aliphatic heterocycles. The van der Waals surface area contributed by atoms with Crippen molar-refractivity contribution in [3.8, 4) is 5.69 Å². The zero-order valence-corrected chi connectivity index (χ0v) is 12.9. The summed E-state index contributed by atoms with van der Waals surface area (Å²) in [5, 5.41) is 4.16. The van der Waals surface area contributed by atoms with E-state index in [0.29, 0.717) is 5.92 Å². The van der Waals surface area contributed by atoms with Crippen LogP contribution in [0.5, 0.6) is 0 Å². The fourth-order valence-electron chi connectivity index (χ4n) is 3.16. The van der Waals surface area contributed by atoms with Crippen LogP contribution in [0.2, 0.25) is 5.02 Å². The van der Waals surface area contributed by atoms with Crippen LogP contribution in [-0.4, -0.2) is 27.6 Å². The summed E-state index contributed by atoms with van der Waals surface area (Å²) >= 11 is 6.03. The summed E-state index contributed by atoms with van der Waals surface area (Å²) in [6.45, 7) is 2.10. The lowest BCUT2D eigenvalue weighted by Gasteiger charge is -2.23. The summed E-state index contributed by atoms with van der Waals surface area (Å²) in [6.07, 6.45) is 5.92. The highest BCUT2D eigenvalue weighted by Crippen LogP contribution is 2.30. The zero-order chi connectivity index (χ0) is 14.9. The Labute approximate surface area is 134 Å². The van der Waals surface area contributed by atoms with Gasteiger partial charge in [0.15, 0.2) is 0 Å². The Balaban J connectivity index is 1.91. The molecule has 1 N–H and O–H groups in total. The number of aromatic nitrogens is 3. The molecular formula is C17H17ClN4. The van der Waals surface area contributed by atoms with Crippen molar-refractivity contribution in [2.45, 2.75) is 18.8 Å². The quantitative estimate of drug-likeness (QED) is 0.787. The van der Waals surface area contributed by atoms with Gasteiger partial charge in [0.1, 0.15) is 5.82 Å². The molecule has 5 heteroatoms. The fraction of sp³-hybridized carbons (Fsp3) is 0.294. The van der Waals surface area contributed by atoms with Gasteiger partial charge in [-0.3, -0.25) is 9.55 Å². The fourth-order valence-corrected chi connectivity index (χ4v) is 3.28. The number of halogens is 1. The first-order valence-corrected chi connectivity index (χ1v) is 8.00. The molecule has 1 aliphatic rings. The van der Waals surface area contributed by atoms with Gasteiger partial charge in [0.25, 0.3) is 0 Å². The Morgan fingerprint density at radius 3 is 2.64 bits per heavy atom. The van der Waals surface area contributed by atoms with Crippen LogP contribution < -0.4 is 5.32 Å².